The SMILES string of the molecule is CCCCCCCCOc1ccc([C@H]2CC(=O)Oc3ccc4c(c32)O/C(=C\c2ccc(OC)cc2)C4=O)cc1. The summed E-state index contributed by atoms with van der Waals surface area (Å²) in [6.45, 7) is 2.91. The molecule has 6 nitrogen and oxygen atoms in total. The van der Waals surface area contributed by atoms with Gasteiger partial charge >= 0.3 is 5.97 Å². The largest absolute Gasteiger partial charge is 0.497 e. The van der Waals surface area contributed by atoms with E-state index in [9.17, 15) is 9.59 Å². The fourth-order valence-electron chi connectivity index (χ4n) is 5.11. The number of rotatable bonds is 11. The summed E-state index contributed by atoms with van der Waals surface area (Å²) in [5.74, 6) is 1.86. The average molecular weight is 527 g/mol. The Bertz CT molecular complexity index is 1350. The Labute approximate surface area is 229 Å². The summed E-state index contributed by atoms with van der Waals surface area (Å²) in [7, 11) is 1.61. The number of carbonyl (C=O) groups is 2. The van der Waals surface area contributed by atoms with E-state index in [0.717, 1.165) is 34.6 Å². The lowest BCUT2D eigenvalue weighted by Gasteiger charge is -2.26. The number of carbonyl (C=O) groups excluding carboxylic acids is 2. The Morgan fingerprint density at radius 1 is 0.846 bits per heavy atom. The van der Waals surface area contributed by atoms with Gasteiger partial charge in [-0.1, -0.05) is 63.3 Å². The van der Waals surface area contributed by atoms with E-state index in [1.165, 1.54) is 32.1 Å². The zero-order valence-electron chi connectivity index (χ0n) is 22.5. The molecular formula is C33H34O6. The second kappa shape index (κ2) is 12.2. The van der Waals surface area contributed by atoms with Crippen LogP contribution in [0.5, 0.6) is 23.0 Å². The lowest BCUT2D eigenvalue weighted by Crippen LogP contribution is -2.21. The van der Waals surface area contributed by atoms with Gasteiger partial charge in [0.15, 0.2) is 5.76 Å². The molecule has 5 rings (SSSR count). The standard InChI is InChI=1S/C33H34O6/c1-3-4-5-6-7-8-19-37-25-15-11-23(12-16-25)27-21-30(34)38-28-18-17-26-32(35)29(39-33(26)31(27)28)20-22-9-13-24(36-2)14-10-22/h9-18,20,27H,3-8,19,21H2,1-2H3/b29-20-/t27-/m1/s1. The molecule has 0 fully saturated rings. The molecule has 0 aliphatic carbocycles. The Kier molecular flexibility index (Phi) is 8.30. The van der Waals surface area contributed by atoms with Crippen molar-refractivity contribution in [3.05, 3.63) is 88.7 Å². The van der Waals surface area contributed by atoms with Gasteiger partial charge in [-0.15, -0.1) is 0 Å². The smallest absolute Gasteiger partial charge is 0.312 e. The zero-order valence-corrected chi connectivity index (χ0v) is 22.5. The number of Topliss-reactive ketones (excluding diaryl/α,β-unsaturated/α-hetero) is 1. The van der Waals surface area contributed by atoms with Crippen LogP contribution in [0, 0.1) is 0 Å². The van der Waals surface area contributed by atoms with Crippen molar-refractivity contribution >= 4 is 17.8 Å². The van der Waals surface area contributed by atoms with Crippen LogP contribution in [0.1, 0.15) is 84.8 Å². The van der Waals surface area contributed by atoms with Crippen LogP contribution >= 0.6 is 0 Å². The van der Waals surface area contributed by atoms with Crippen LogP contribution in [0.3, 0.4) is 0 Å². The number of hydrogen-bond acceptors (Lipinski definition) is 6. The molecule has 0 bridgehead atoms. The number of benzene rings is 3. The van der Waals surface area contributed by atoms with Gasteiger partial charge in [0.25, 0.3) is 0 Å². The van der Waals surface area contributed by atoms with Crippen molar-refractivity contribution in [2.45, 2.75) is 57.8 Å². The molecule has 0 radical (unpaired) electrons. The van der Waals surface area contributed by atoms with Gasteiger partial charge in [-0.05, 0) is 60.0 Å². The molecule has 0 saturated heterocycles. The van der Waals surface area contributed by atoms with Crippen LogP contribution in [0.15, 0.2) is 66.4 Å². The molecule has 202 valence electrons. The van der Waals surface area contributed by atoms with E-state index in [1.54, 1.807) is 25.3 Å². The second-order valence-corrected chi connectivity index (χ2v) is 9.98. The summed E-state index contributed by atoms with van der Waals surface area (Å²) < 4.78 is 22.9. The van der Waals surface area contributed by atoms with Crippen LogP contribution in [-0.4, -0.2) is 25.5 Å². The lowest BCUT2D eigenvalue weighted by atomic mass is 9.84. The third-order valence-electron chi connectivity index (χ3n) is 7.24. The van der Waals surface area contributed by atoms with Crippen LogP contribution in [0.25, 0.3) is 6.08 Å². The molecule has 3 aromatic carbocycles. The predicted octanol–water partition coefficient (Wildman–Crippen LogP) is 7.49. The molecule has 6 heteroatoms. The van der Waals surface area contributed by atoms with Gasteiger partial charge in [-0.3, -0.25) is 9.59 Å². The van der Waals surface area contributed by atoms with Crippen LogP contribution in [-0.2, 0) is 4.79 Å². The summed E-state index contributed by atoms with van der Waals surface area (Å²) >= 11 is 0. The van der Waals surface area contributed by atoms with Gasteiger partial charge < -0.3 is 18.9 Å². The van der Waals surface area contributed by atoms with Crippen LogP contribution in [0.4, 0.5) is 0 Å². The summed E-state index contributed by atoms with van der Waals surface area (Å²) in [4.78, 5) is 25.7. The predicted molar refractivity (Wildman–Crippen MR) is 150 cm³/mol. The van der Waals surface area contributed by atoms with E-state index >= 15 is 0 Å². The Balaban J connectivity index is 1.34. The highest BCUT2D eigenvalue weighted by atomic mass is 16.5. The molecule has 0 spiro atoms. The Morgan fingerprint density at radius 2 is 1.56 bits per heavy atom. The van der Waals surface area contributed by atoms with Gasteiger partial charge in [0.05, 0.1) is 25.7 Å². The first-order valence-electron chi connectivity index (χ1n) is 13.8. The minimum atomic E-state index is -0.311. The van der Waals surface area contributed by atoms with Crippen molar-refractivity contribution in [3.8, 4) is 23.0 Å². The van der Waals surface area contributed by atoms with Gasteiger partial charge in [0.1, 0.15) is 23.0 Å². The first kappa shape index (κ1) is 26.5. The van der Waals surface area contributed by atoms with Gasteiger partial charge in [-0.2, -0.15) is 0 Å². The fraction of sp³-hybridized carbons (Fsp3) is 0.333. The number of methoxy groups -OCH3 is 1. The summed E-state index contributed by atoms with van der Waals surface area (Å²) in [5.41, 5.74) is 2.95. The number of allylic oxidation sites excluding steroid dienone is 1. The number of ketones is 1. The van der Waals surface area contributed by atoms with Gasteiger partial charge in [0.2, 0.25) is 5.78 Å². The molecule has 2 aliphatic rings. The van der Waals surface area contributed by atoms with Crippen molar-refractivity contribution in [1.29, 1.82) is 0 Å². The summed E-state index contributed by atoms with van der Waals surface area (Å²) in [5, 5.41) is 0. The fourth-order valence-corrected chi connectivity index (χ4v) is 5.11. The second-order valence-electron chi connectivity index (χ2n) is 9.98. The van der Waals surface area contributed by atoms with E-state index in [1.807, 2.05) is 48.5 Å². The van der Waals surface area contributed by atoms with E-state index in [4.69, 9.17) is 18.9 Å². The highest BCUT2D eigenvalue weighted by Crippen LogP contribution is 2.49. The molecule has 0 saturated carbocycles. The molecule has 0 N–H and O–H groups in total. The average Bonchev–Trinajstić information content (AvgIpc) is 3.27. The van der Waals surface area contributed by atoms with Crippen molar-refractivity contribution in [2.75, 3.05) is 13.7 Å². The molecule has 0 aromatic heterocycles. The maximum atomic E-state index is 13.2. The van der Waals surface area contributed by atoms with Crippen molar-refractivity contribution in [3.63, 3.8) is 0 Å². The third-order valence-corrected chi connectivity index (χ3v) is 7.24. The molecule has 2 aliphatic heterocycles. The lowest BCUT2D eigenvalue weighted by molar-refractivity contribution is -0.135. The van der Waals surface area contributed by atoms with E-state index in [2.05, 4.69) is 6.92 Å². The topological polar surface area (TPSA) is 71.1 Å². The Morgan fingerprint density at radius 3 is 2.31 bits per heavy atom. The maximum Gasteiger partial charge on any atom is 0.312 e. The number of hydrogen-bond donors (Lipinski definition) is 0. The third kappa shape index (κ3) is 6.00. The van der Waals surface area contributed by atoms with Crippen molar-refractivity contribution in [1.82, 2.24) is 0 Å². The van der Waals surface area contributed by atoms with Gasteiger partial charge in [0, 0.05) is 11.5 Å². The highest BCUT2D eigenvalue weighted by Gasteiger charge is 2.38. The first-order chi connectivity index (χ1) is 19.1. The molecule has 1 atom stereocenters. The summed E-state index contributed by atoms with van der Waals surface area (Å²) in [6.07, 6.45) is 9.18. The monoisotopic (exact) mass is 526 g/mol. The van der Waals surface area contributed by atoms with Crippen molar-refractivity contribution < 1.29 is 28.5 Å². The van der Waals surface area contributed by atoms with E-state index in [0.29, 0.717) is 23.7 Å². The molecule has 3 aromatic rings. The van der Waals surface area contributed by atoms with E-state index in [-0.39, 0.29) is 29.9 Å². The molecule has 0 unspecified atom stereocenters. The number of fused-ring (bicyclic) bond motifs is 3. The molecule has 0 amide bonds. The number of ether oxygens (including phenoxy) is 4. The number of esters is 1. The normalized spacial score (nSPS) is 16.9. The van der Waals surface area contributed by atoms with Gasteiger partial charge in [-0.25, -0.2) is 0 Å². The molecular weight excluding hydrogens is 492 g/mol. The number of unbranched alkanes of at least 4 members (excludes halogenated alkanes) is 5. The Hall–Kier alpha value is -4.06. The quantitative estimate of drug-likeness (QED) is 0.112. The summed E-state index contributed by atoms with van der Waals surface area (Å²) in [6, 6.07) is 18.6. The highest BCUT2D eigenvalue weighted by molar-refractivity contribution is 6.15. The maximum absolute atomic E-state index is 13.2. The molecule has 39 heavy (non-hydrogen) atoms. The van der Waals surface area contributed by atoms with Crippen LogP contribution in [0.2, 0.25) is 0 Å². The first-order valence-corrected chi connectivity index (χ1v) is 13.8. The minimum Gasteiger partial charge on any atom is -0.497 e. The van der Waals surface area contributed by atoms with E-state index < -0.39 is 0 Å². The molecule has 2 heterocycles. The minimum absolute atomic E-state index is 0.163. The zero-order chi connectivity index (χ0) is 27.2. The van der Waals surface area contributed by atoms with Crippen molar-refractivity contribution in [2.24, 2.45) is 0 Å². The van der Waals surface area contributed by atoms with Crippen LogP contribution < -0.4 is 18.9 Å².